The van der Waals surface area contributed by atoms with E-state index < -0.39 is 11.8 Å². The topological polar surface area (TPSA) is 71.4 Å². The van der Waals surface area contributed by atoms with Gasteiger partial charge in [0.2, 0.25) is 0 Å². The fraction of sp³-hybridized carbons (Fsp3) is 0.500. The molecule has 44 valence electrons. The van der Waals surface area contributed by atoms with Gasteiger partial charge in [-0.15, -0.1) is 0 Å². The summed E-state index contributed by atoms with van der Waals surface area (Å²) in [6.45, 7) is 1.55. The van der Waals surface area contributed by atoms with E-state index in [4.69, 9.17) is 15.8 Å². The lowest BCUT2D eigenvalue weighted by molar-refractivity contribution is 0.648. The Morgan fingerprint density at radius 1 is 1.00 bits per heavy atom. The highest BCUT2D eigenvalue weighted by molar-refractivity contribution is 5.07. The molecule has 0 radical (unpaired) electrons. The van der Waals surface area contributed by atoms with E-state index in [9.17, 15) is 0 Å². The van der Waals surface area contributed by atoms with Crippen LogP contribution < -0.4 is 0 Å². The van der Waals surface area contributed by atoms with Gasteiger partial charge >= 0.3 is 0 Å². The normalized spacial score (nSPS) is 11.0. The quantitative estimate of drug-likeness (QED) is 0.512. The largest absolute Gasteiger partial charge is 0.198 e. The Kier molecular flexibility index (Phi) is 2.88. The van der Waals surface area contributed by atoms with Crippen LogP contribution in [0.1, 0.15) is 6.92 Å². The van der Waals surface area contributed by atoms with E-state index in [1.165, 1.54) is 0 Å². The first kappa shape index (κ1) is 7.47. The number of hydrogen-bond donors (Lipinski definition) is 0. The minimum absolute atomic E-state index is 0.486. The molecule has 0 aliphatic rings. The molecular weight excluding hydrogens is 114 g/mol. The highest BCUT2D eigenvalue weighted by Gasteiger charge is 2.13. The molecule has 0 amide bonds. The van der Waals surface area contributed by atoms with E-state index in [2.05, 4.69) is 0 Å². The molecule has 0 fully saturated rings. The third-order valence-electron chi connectivity index (χ3n) is 0.982. The van der Waals surface area contributed by atoms with E-state index in [-0.39, 0.29) is 0 Å². The second-order valence-electron chi connectivity index (χ2n) is 1.65. The van der Waals surface area contributed by atoms with Crippen LogP contribution in [0, 0.1) is 45.8 Å². The lowest BCUT2D eigenvalue weighted by atomic mass is 9.99. The summed E-state index contributed by atoms with van der Waals surface area (Å²) in [7, 11) is 0. The van der Waals surface area contributed by atoms with Crippen LogP contribution in [0.3, 0.4) is 0 Å². The van der Waals surface area contributed by atoms with Crippen LogP contribution in [0.15, 0.2) is 0 Å². The Morgan fingerprint density at radius 2 is 1.44 bits per heavy atom. The lowest BCUT2D eigenvalue weighted by Crippen LogP contribution is -2.03. The summed E-state index contributed by atoms with van der Waals surface area (Å²) in [6.07, 6.45) is 0. The predicted octanol–water partition coefficient (Wildman–Crippen LogP) is 0.809. The SMILES string of the molecule is C[C@@H](C#N)C(C#N)C#N. The van der Waals surface area contributed by atoms with E-state index in [1.54, 1.807) is 19.1 Å². The van der Waals surface area contributed by atoms with Gasteiger partial charge in [-0.1, -0.05) is 0 Å². The summed E-state index contributed by atoms with van der Waals surface area (Å²) in [5, 5.41) is 24.6. The zero-order chi connectivity index (χ0) is 7.28. The van der Waals surface area contributed by atoms with Crippen molar-refractivity contribution in [3.8, 4) is 18.2 Å². The number of hydrogen-bond acceptors (Lipinski definition) is 3. The van der Waals surface area contributed by atoms with Crippen LogP contribution in [0.2, 0.25) is 0 Å². The molecule has 0 bridgehead atoms. The monoisotopic (exact) mass is 119 g/mol. The summed E-state index contributed by atoms with van der Waals surface area (Å²) in [4.78, 5) is 0. The molecule has 0 aliphatic carbocycles. The van der Waals surface area contributed by atoms with Gasteiger partial charge in [0.1, 0.15) is 5.92 Å². The van der Waals surface area contributed by atoms with Gasteiger partial charge in [-0.05, 0) is 6.92 Å². The molecule has 0 rings (SSSR count). The van der Waals surface area contributed by atoms with E-state index in [0.29, 0.717) is 0 Å². The summed E-state index contributed by atoms with van der Waals surface area (Å²) in [5.74, 6) is -1.27. The molecule has 3 heteroatoms. The van der Waals surface area contributed by atoms with Crippen LogP contribution in [-0.2, 0) is 0 Å². The zero-order valence-electron chi connectivity index (χ0n) is 5.00. The van der Waals surface area contributed by atoms with Gasteiger partial charge in [0, 0.05) is 0 Å². The van der Waals surface area contributed by atoms with Gasteiger partial charge in [0.25, 0.3) is 0 Å². The lowest BCUT2D eigenvalue weighted by Gasteiger charge is -1.96. The fourth-order valence-electron chi connectivity index (χ4n) is 0.327. The third-order valence-corrected chi connectivity index (χ3v) is 0.982. The van der Waals surface area contributed by atoms with Crippen molar-refractivity contribution < 1.29 is 0 Å². The maximum atomic E-state index is 8.22. The fourth-order valence-corrected chi connectivity index (χ4v) is 0.327. The third kappa shape index (κ3) is 1.80. The van der Waals surface area contributed by atoms with E-state index in [0.717, 1.165) is 0 Å². The first-order valence-corrected chi connectivity index (χ1v) is 2.45. The number of nitrogens with zero attached hydrogens (tertiary/aromatic N) is 3. The summed E-state index contributed by atoms with van der Waals surface area (Å²) >= 11 is 0. The summed E-state index contributed by atoms with van der Waals surface area (Å²) < 4.78 is 0. The van der Waals surface area contributed by atoms with Crippen molar-refractivity contribution in [1.29, 1.82) is 15.8 Å². The standard InChI is InChI=1S/C6H5N3/c1-5(2-7)6(3-8)4-9/h5-6H,1H3/t5-/m0/s1. The van der Waals surface area contributed by atoms with Crippen molar-refractivity contribution in [2.45, 2.75) is 6.92 Å². The summed E-state index contributed by atoms with van der Waals surface area (Å²) in [5.41, 5.74) is 0. The van der Waals surface area contributed by atoms with Crippen molar-refractivity contribution >= 4 is 0 Å². The molecule has 0 aromatic carbocycles. The van der Waals surface area contributed by atoms with Gasteiger partial charge in [0.15, 0.2) is 0 Å². The highest BCUT2D eigenvalue weighted by atomic mass is 14.4. The van der Waals surface area contributed by atoms with Crippen molar-refractivity contribution in [2.24, 2.45) is 11.8 Å². The molecule has 0 aromatic rings. The van der Waals surface area contributed by atoms with Gasteiger partial charge < -0.3 is 0 Å². The average Bonchev–Trinajstić information content (AvgIpc) is 1.90. The van der Waals surface area contributed by atoms with Crippen molar-refractivity contribution in [2.75, 3.05) is 0 Å². The molecule has 0 saturated heterocycles. The Bertz CT molecular complexity index is 186. The Morgan fingerprint density at radius 3 is 1.56 bits per heavy atom. The van der Waals surface area contributed by atoms with Gasteiger partial charge in [-0.3, -0.25) is 0 Å². The molecular formula is C6H5N3. The smallest absolute Gasteiger partial charge is 0.148 e. The molecule has 0 saturated carbocycles. The second kappa shape index (κ2) is 3.47. The second-order valence-corrected chi connectivity index (χ2v) is 1.65. The zero-order valence-corrected chi connectivity index (χ0v) is 5.00. The van der Waals surface area contributed by atoms with Gasteiger partial charge in [0.05, 0.1) is 24.1 Å². The number of nitriles is 3. The Labute approximate surface area is 53.7 Å². The first-order chi connectivity index (χ1) is 4.26. The first-order valence-electron chi connectivity index (χ1n) is 2.45. The molecule has 0 heterocycles. The molecule has 0 spiro atoms. The minimum Gasteiger partial charge on any atom is -0.198 e. The van der Waals surface area contributed by atoms with E-state index >= 15 is 0 Å². The molecule has 1 atom stereocenters. The molecule has 0 aromatic heterocycles. The molecule has 3 nitrogen and oxygen atoms in total. The van der Waals surface area contributed by atoms with Crippen molar-refractivity contribution in [3.05, 3.63) is 0 Å². The predicted molar refractivity (Wildman–Crippen MR) is 29.5 cm³/mol. The van der Waals surface area contributed by atoms with Crippen LogP contribution in [-0.4, -0.2) is 0 Å². The van der Waals surface area contributed by atoms with Crippen LogP contribution in [0.5, 0.6) is 0 Å². The molecule has 0 aliphatic heterocycles. The average molecular weight is 119 g/mol. The van der Waals surface area contributed by atoms with Crippen LogP contribution >= 0.6 is 0 Å². The minimum atomic E-state index is -0.782. The maximum absolute atomic E-state index is 8.22. The highest BCUT2D eigenvalue weighted by Crippen LogP contribution is 2.06. The van der Waals surface area contributed by atoms with Gasteiger partial charge in [-0.2, -0.15) is 15.8 Å². The molecule has 0 N–H and O–H groups in total. The Hall–Kier alpha value is -1.53. The van der Waals surface area contributed by atoms with Crippen LogP contribution in [0.4, 0.5) is 0 Å². The summed E-state index contributed by atoms with van der Waals surface area (Å²) in [6, 6.07) is 5.26. The van der Waals surface area contributed by atoms with Crippen molar-refractivity contribution in [3.63, 3.8) is 0 Å². The number of rotatable bonds is 1. The molecule has 0 unspecified atom stereocenters. The Balaban J connectivity index is 4.08. The van der Waals surface area contributed by atoms with Crippen LogP contribution in [0.25, 0.3) is 0 Å². The van der Waals surface area contributed by atoms with Crippen molar-refractivity contribution in [1.82, 2.24) is 0 Å². The maximum Gasteiger partial charge on any atom is 0.148 e. The van der Waals surface area contributed by atoms with Gasteiger partial charge in [-0.25, -0.2) is 0 Å². The molecule has 9 heavy (non-hydrogen) atoms. The van der Waals surface area contributed by atoms with E-state index in [1.807, 2.05) is 6.07 Å².